The minimum absolute atomic E-state index is 0.0555. The molecule has 0 bridgehead atoms. The molecule has 0 atom stereocenters. The molecule has 36 heavy (non-hydrogen) atoms. The average Bonchev–Trinajstić information content (AvgIpc) is 3.17. The lowest BCUT2D eigenvalue weighted by molar-refractivity contribution is 0.0340. The predicted octanol–water partition coefficient (Wildman–Crippen LogP) is 4.47. The number of morpholine rings is 1. The quantitative estimate of drug-likeness (QED) is 0.508. The second kappa shape index (κ2) is 10.7. The van der Waals surface area contributed by atoms with E-state index in [9.17, 15) is 9.18 Å². The summed E-state index contributed by atoms with van der Waals surface area (Å²) in [5.41, 5.74) is 5.32. The molecule has 0 aliphatic carbocycles. The molecule has 2 aliphatic heterocycles. The summed E-state index contributed by atoms with van der Waals surface area (Å²) >= 11 is 6.23. The molecule has 3 heterocycles. The minimum Gasteiger partial charge on any atom is -0.379 e. The van der Waals surface area contributed by atoms with Gasteiger partial charge in [-0.25, -0.2) is 4.39 Å². The van der Waals surface area contributed by atoms with Gasteiger partial charge >= 0.3 is 0 Å². The number of aromatic nitrogens is 1. The van der Waals surface area contributed by atoms with E-state index in [1.165, 1.54) is 12.1 Å². The van der Waals surface area contributed by atoms with Crippen LogP contribution in [0.4, 0.5) is 4.39 Å². The van der Waals surface area contributed by atoms with Crippen molar-refractivity contribution >= 4 is 17.5 Å². The van der Waals surface area contributed by atoms with E-state index >= 15 is 0 Å². The molecule has 0 saturated carbocycles. The number of nitrogens with zero attached hydrogens (tertiary/aromatic N) is 4. The fourth-order valence-corrected chi connectivity index (χ4v) is 5.29. The van der Waals surface area contributed by atoms with Crippen LogP contribution in [0.25, 0.3) is 16.9 Å². The van der Waals surface area contributed by atoms with Gasteiger partial charge in [-0.3, -0.25) is 9.69 Å². The van der Waals surface area contributed by atoms with Crippen LogP contribution in [0.15, 0.2) is 48.5 Å². The maximum atomic E-state index is 14.1. The lowest BCUT2D eigenvalue weighted by atomic mass is 10.0. The molecular weight excluding hydrogens is 479 g/mol. The number of hydrogen-bond donors (Lipinski definition) is 0. The van der Waals surface area contributed by atoms with Crippen LogP contribution in [0.5, 0.6) is 0 Å². The molecule has 2 aliphatic rings. The van der Waals surface area contributed by atoms with Crippen molar-refractivity contribution < 1.29 is 13.9 Å². The molecule has 0 spiro atoms. The fourth-order valence-electron chi connectivity index (χ4n) is 5.16. The Morgan fingerprint density at radius 1 is 0.944 bits per heavy atom. The van der Waals surface area contributed by atoms with Gasteiger partial charge in [-0.05, 0) is 55.9 Å². The number of ether oxygens (including phenoxy) is 1. The van der Waals surface area contributed by atoms with Gasteiger partial charge in [0.1, 0.15) is 5.82 Å². The first kappa shape index (κ1) is 25.0. The van der Waals surface area contributed by atoms with Gasteiger partial charge in [0.25, 0.3) is 5.91 Å². The SMILES string of the molecule is Cc1c(C(=O)N2CCN(C)CC2)c(CN2CCOCC2)c(-c2ccc(Cl)cc2)n1-c1ccc(F)cc1. The van der Waals surface area contributed by atoms with Crippen molar-refractivity contribution in [1.29, 1.82) is 0 Å². The Labute approximate surface area is 216 Å². The summed E-state index contributed by atoms with van der Waals surface area (Å²) in [6.45, 7) is 8.70. The van der Waals surface area contributed by atoms with Gasteiger partial charge in [0.15, 0.2) is 0 Å². The standard InChI is InChI=1S/C28H32ClFN4O2/c1-20-26(28(35)33-13-11-31(2)12-14-33)25(19-32-15-17-36-18-16-32)27(21-3-5-22(29)6-4-21)34(20)24-9-7-23(30)8-10-24/h3-10H,11-19H2,1-2H3. The first-order valence-electron chi connectivity index (χ1n) is 12.5. The first-order chi connectivity index (χ1) is 17.4. The molecular formula is C28H32ClFN4O2. The summed E-state index contributed by atoms with van der Waals surface area (Å²) in [7, 11) is 2.08. The molecule has 3 aromatic rings. The van der Waals surface area contributed by atoms with E-state index in [1.54, 1.807) is 12.1 Å². The molecule has 2 aromatic carbocycles. The normalized spacial score (nSPS) is 17.5. The number of carbonyl (C=O) groups excluding carboxylic acids is 1. The molecule has 5 rings (SSSR count). The number of amides is 1. The van der Waals surface area contributed by atoms with Gasteiger partial charge in [-0.2, -0.15) is 0 Å². The van der Waals surface area contributed by atoms with E-state index in [4.69, 9.17) is 16.3 Å². The Morgan fingerprint density at radius 3 is 2.22 bits per heavy atom. The van der Waals surface area contributed by atoms with Crippen LogP contribution in [-0.4, -0.2) is 84.7 Å². The Morgan fingerprint density at radius 2 is 1.58 bits per heavy atom. The van der Waals surface area contributed by atoms with Crippen LogP contribution < -0.4 is 0 Å². The van der Waals surface area contributed by atoms with Crippen molar-refractivity contribution in [2.24, 2.45) is 0 Å². The summed E-state index contributed by atoms with van der Waals surface area (Å²) in [4.78, 5) is 20.6. The molecule has 8 heteroatoms. The second-order valence-electron chi connectivity index (χ2n) is 9.59. The third kappa shape index (κ3) is 5.06. The molecule has 2 saturated heterocycles. The third-order valence-electron chi connectivity index (χ3n) is 7.20. The number of carbonyl (C=O) groups is 1. The van der Waals surface area contributed by atoms with Crippen molar-refractivity contribution in [1.82, 2.24) is 19.3 Å². The number of hydrogen-bond acceptors (Lipinski definition) is 4. The van der Waals surface area contributed by atoms with Crippen molar-refractivity contribution in [2.75, 3.05) is 59.5 Å². The Hall–Kier alpha value is -2.71. The van der Waals surface area contributed by atoms with E-state index in [2.05, 4.69) is 21.4 Å². The molecule has 190 valence electrons. The molecule has 6 nitrogen and oxygen atoms in total. The molecule has 0 radical (unpaired) electrons. The second-order valence-corrected chi connectivity index (χ2v) is 10.0. The Kier molecular flexibility index (Phi) is 7.44. The van der Waals surface area contributed by atoms with Crippen LogP contribution in [0.3, 0.4) is 0 Å². The summed E-state index contributed by atoms with van der Waals surface area (Å²) in [5.74, 6) is -0.237. The summed E-state index contributed by atoms with van der Waals surface area (Å²) in [6.07, 6.45) is 0. The highest BCUT2D eigenvalue weighted by atomic mass is 35.5. The summed E-state index contributed by atoms with van der Waals surface area (Å²) in [6, 6.07) is 14.2. The van der Waals surface area contributed by atoms with Gasteiger partial charge in [-0.15, -0.1) is 0 Å². The zero-order valence-corrected chi connectivity index (χ0v) is 21.6. The van der Waals surface area contributed by atoms with E-state index in [-0.39, 0.29) is 11.7 Å². The zero-order chi connectivity index (χ0) is 25.2. The van der Waals surface area contributed by atoms with Gasteiger partial charge in [-0.1, -0.05) is 23.7 Å². The highest BCUT2D eigenvalue weighted by Gasteiger charge is 2.31. The Bertz CT molecular complexity index is 1210. The lowest BCUT2D eigenvalue weighted by Gasteiger charge is -2.33. The number of piperazine rings is 1. The fraction of sp³-hybridized carbons (Fsp3) is 0.393. The van der Waals surface area contributed by atoms with Gasteiger partial charge in [0, 0.05) is 67.8 Å². The van der Waals surface area contributed by atoms with Gasteiger partial charge in [0.2, 0.25) is 0 Å². The minimum atomic E-state index is -0.293. The van der Waals surface area contributed by atoms with Crippen molar-refractivity contribution in [3.63, 3.8) is 0 Å². The Balaban J connectivity index is 1.70. The average molecular weight is 511 g/mol. The monoisotopic (exact) mass is 510 g/mol. The third-order valence-corrected chi connectivity index (χ3v) is 7.45. The highest BCUT2D eigenvalue weighted by Crippen LogP contribution is 2.37. The molecule has 2 fully saturated rings. The maximum Gasteiger partial charge on any atom is 0.256 e. The number of halogens is 2. The van der Waals surface area contributed by atoms with Gasteiger partial charge < -0.3 is 19.1 Å². The van der Waals surface area contributed by atoms with Crippen LogP contribution >= 0.6 is 11.6 Å². The van der Waals surface area contributed by atoms with E-state index < -0.39 is 0 Å². The van der Waals surface area contributed by atoms with Crippen LogP contribution in [0.1, 0.15) is 21.6 Å². The van der Waals surface area contributed by atoms with E-state index in [0.29, 0.717) is 37.9 Å². The number of rotatable bonds is 5. The number of benzene rings is 2. The molecule has 0 unspecified atom stereocenters. The first-order valence-corrected chi connectivity index (χ1v) is 12.8. The molecule has 0 N–H and O–H groups in total. The maximum absolute atomic E-state index is 14.1. The zero-order valence-electron chi connectivity index (χ0n) is 20.8. The van der Waals surface area contributed by atoms with Gasteiger partial charge in [0.05, 0.1) is 24.5 Å². The van der Waals surface area contributed by atoms with E-state index in [0.717, 1.165) is 59.9 Å². The lowest BCUT2D eigenvalue weighted by Crippen LogP contribution is -2.47. The van der Waals surface area contributed by atoms with Crippen LogP contribution in [0, 0.1) is 12.7 Å². The predicted molar refractivity (Wildman–Crippen MR) is 140 cm³/mol. The largest absolute Gasteiger partial charge is 0.379 e. The summed E-state index contributed by atoms with van der Waals surface area (Å²) < 4.78 is 21.5. The number of likely N-dealkylation sites (N-methyl/N-ethyl adjacent to an activating group) is 1. The topological polar surface area (TPSA) is 41.0 Å². The van der Waals surface area contributed by atoms with Crippen molar-refractivity contribution in [3.05, 3.63) is 76.2 Å². The summed E-state index contributed by atoms with van der Waals surface area (Å²) in [5, 5.41) is 0.652. The smallest absolute Gasteiger partial charge is 0.256 e. The highest BCUT2D eigenvalue weighted by molar-refractivity contribution is 6.30. The van der Waals surface area contributed by atoms with Crippen LogP contribution in [0.2, 0.25) is 5.02 Å². The van der Waals surface area contributed by atoms with Crippen molar-refractivity contribution in [3.8, 4) is 16.9 Å². The molecule has 1 amide bonds. The van der Waals surface area contributed by atoms with Crippen LogP contribution in [-0.2, 0) is 11.3 Å². The van der Waals surface area contributed by atoms with Crippen molar-refractivity contribution in [2.45, 2.75) is 13.5 Å². The molecule has 1 aromatic heterocycles. The van der Waals surface area contributed by atoms with E-state index in [1.807, 2.05) is 36.1 Å².